The molecular weight excluding hydrogens is 268 g/mol. The van der Waals surface area contributed by atoms with Crippen LogP contribution >= 0.6 is 15.9 Å². The monoisotopic (exact) mass is 280 g/mol. The molecule has 3 rings (SSSR count). The highest BCUT2D eigenvalue weighted by Crippen LogP contribution is 2.36. The van der Waals surface area contributed by atoms with E-state index >= 15 is 0 Å². The number of fused-ring (bicyclic) bond motifs is 1. The van der Waals surface area contributed by atoms with E-state index in [1.165, 1.54) is 0 Å². The molecule has 2 aromatic rings. The molecule has 1 fully saturated rings. The Labute approximate surface area is 102 Å². The van der Waals surface area contributed by atoms with E-state index in [0.717, 1.165) is 46.8 Å². The van der Waals surface area contributed by atoms with Crippen LogP contribution in [0.15, 0.2) is 27.4 Å². The van der Waals surface area contributed by atoms with E-state index in [4.69, 9.17) is 10.2 Å². The predicted octanol–water partition coefficient (Wildman–Crippen LogP) is 3.01. The van der Waals surface area contributed by atoms with Gasteiger partial charge in [-0.25, -0.2) is 0 Å². The van der Waals surface area contributed by atoms with Crippen LogP contribution in [0.5, 0.6) is 0 Å². The number of halogens is 1. The zero-order valence-electron chi connectivity index (χ0n) is 8.87. The van der Waals surface area contributed by atoms with Gasteiger partial charge >= 0.3 is 0 Å². The summed E-state index contributed by atoms with van der Waals surface area (Å²) in [6.07, 6.45) is 7.82. The Balaban J connectivity index is 1.82. The number of rotatable bonds is 3. The predicted molar refractivity (Wildman–Crippen MR) is 66.2 cm³/mol. The summed E-state index contributed by atoms with van der Waals surface area (Å²) in [5.41, 5.74) is 8.10. The van der Waals surface area contributed by atoms with Crippen molar-refractivity contribution >= 4 is 26.9 Å². The van der Waals surface area contributed by atoms with Crippen molar-refractivity contribution in [2.24, 2.45) is 5.73 Å². The maximum absolute atomic E-state index is 6.05. The maximum atomic E-state index is 6.05. The van der Waals surface area contributed by atoms with Gasteiger partial charge in [0, 0.05) is 23.5 Å². The van der Waals surface area contributed by atoms with Gasteiger partial charge in [0.05, 0.1) is 9.86 Å². The van der Waals surface area contributed by atoms with E-state index in [1.807, 2.05) is 12.3 Å². The molecule has 0 saturated heterocycles. The Bertz CT molecular complexity index is 531. The van der Waals surface area contributed by atoms with Crippen LogP contribution in [0.1, 0.15) is 25.0 Å². The van der Waals surface area contributed by atoms with Crippen molar-refractivity contribution in [3.63, 3.8) is 0 Å². The molecule has 0 bridgehead atoms. The summed E-state index contributed by atoms with van der Waals surface area (Å²) < 4.78 is 6.38. The van der Waals surface area contributed by atoms with E-state index < -0.39 is 0 Å². The molecule has 16 heavy (non-hydrogen) atoms. The molecule has 0 aromatic carbocycles. The average molecular weight is 281 g/mol. The van der Waals surface area contributed by atoms with E-state index in [9.17, 15) is 0 Å². The lowest BCUT2D eigenvalue weighted by molar-refractivity contribution is 0.597. The lowest BCUT2D eigenvalue weighted by Crippen LogP contribution is -2.22. The lowest BCUT2D eigenvalue weighted by Gasteiger charge is -2.06. The molecule has 2 N–H and O–H groups in total. The summed E-state index contributed by atoms with van der Waals surface area (Å²) in [4.78, 5) is 4.43. The number of aromatic nitrogens is 1. The number of nitrogens with zero attached hydrogens (tertiary/aromatic N) is 1. The van der Waals surface area contributed by atoms with E-state index in [1.54, 1.807) is 6.26 Å². The lowest BCUT2D eigenvalue weighted by atomic mass is 10.1. The molecule has 1 saturated carbocycles. The summed E-state index contributed by atoms with van der Waals surface area (Å²) in [5.74, 6) is 0. The topological polar surface area (TPSA) is 52.0 Å². The van der Waals surface area contributed by atoms with Gasteiger partial charge in [-0.05, 0) is 41.6 Å². The second-order valence-corrected chi connectivity index (χ2v) is 5.47. The Morgan fingerprint density at radius 1 is 1.50 bits per heavy atom. The molecule has 0 aliphatic heterocycles. The normalized spacial score (nSPS) is 17.9. The number of aryl methyl sites for hydroxylation is 1. The number of furan rings is 1. The first-order valence-corrected chi connectivity index (χ1v) is 6.26. The molecule has 1 aliphatic rings. The maximum Gasteiger partial charge on any atom is 0.138 e. The first kappa shape index (κ1) is 10.3. The first-order valence-electron chi connectivity index (χ1n) is 5.47. The summed E-state index contributed by atoms with van der Waals surface area (Å²) in [7, 11) is 0. The molecule has 84 valence electrons. The van der Waals surface area contributed by atoms with Crippen molar-refractivity contribution in [2.45, 2.75) is 31.2 Å². The van der Waals surface area contributed by atoms with Crippen LogP contribution in [-0.2, 0) is 6.42 Å². The van der Waals surface area contributed by atoms with Crippen LogP contribution < -0.4 is 5.73 Å². The van der Waals surface area contributed by atoms with Crippen LogP contribution in [0, 0.1) is 0 Å². The molecular formula is C12H13BrN2O. The SMILES string of the molecule is NC1(CCc2cc3occ(Br)c3cn2)CC1. The van der Waals surface area contributed by atoms with Crippen molar-refractivity contribution < 1.29 is 4.42 Å². The summed E-state index contributed by atoms with van der Waals surface area (Å²) in [6.45, 7) is 0. The van der Waals surface area contributed by atoms with Gasteiger partial charge in [0.25, 0.3) is 0 Å². The van der Waals surface area contributed by atoms with Gasteiger partial charge in [0.1, 0.15) is 11.8 Å². The molecule has 0 amide bonds. The summed E-state index contributed by atoms with van der Waals surface area (Å²) >= 11 is 3.42. The van der Waals surface area contributed by atoms with Crippen molar-refractivity contribution in [1.82, 2.24) is 4.98 Å². The highest BCUT2D eigenvalue weighted by molar-refractivity contribution is 9.10. The molecule has 0 unspecified atom stereocenters. The highest BCUT2D eigenvalue weighted by Gasteiger charge is 2.37. The van der Waals surface area contributed by atoms with Gasteiger partial charge in [-0.3, -0.25) is 4.98 Å². The van der Waals surface area contributed by atoms with Gasteiger partial charge in [0.15, 0.2) is 0 Å². The third-order valence-corrected chi connectivity index (χ3v) is 3.85. The van der Waals surface area contributed by atoms with Crippen LogP contribution in [0.4, 0.5) is 0 Å². The van der Waals surface area contributed by atoms with Gasteiger partial charge in [-0.15, -0.1) is 0 Å². The third kappa shape index (κ3) is 1.87. The molecule has 1 aliphatic carbocycles. The van der Waals surface area contributed by atoms with Crippen LogP contribution in [0.25, 0.3) is 11.0 Å². The smallest absolute Gasteiger partial charge is 0.138 e. The van der Waals surface area contributed by atoms with E-state index in [2.05, 4.69) is 20.9 Å². The van der Waals surface area contributed by atoms with Crippen molar-refractivity contribution in [2.75, 3.05) is 0 Å². The third-order valence-electron chi connectivity index (χ3n) is 3.24. The average Bonchev–Trinajstić information content (AvgIpc) is 2.91. The second kappa shape index (κ2) is 3.57. The molecule has 2 aromatic heterocycles. The summed E-state index contributed by atoms with van der Waals surface area (Å²) in [5, 5.41) is 1.03. The summed E-state index contributed by atoms with van der Waals surface area (Å²) in [6, 6.07) is 2.01. The second-order valence-electron chi connectivity index (χ2n) is 4.62. The molecule has 2 heterocycles. The fraction of sp³-hybridized carbons (Fsp3) is 0.417. The standard InChI is InChI=1S/C12H13BrN2O/c13-10-7-16-11-5-8(15-6-9(10)11)1-2-12(14)3-4-12/h5-7H,1-4,14H2. The molecule has 4 heteroatoms. The van der Waals surface area contributed by atoms with Gasteiger partial charge in [0.2, 0.25) is 0 Å². The number of nitrogens with two attached hydrogens (primary N) is 1. The zero-order chi connectivity index (χ0) is 11.2. The number of pyridine rings is 1. The van der Waals surface area contributed by atoms with Crippen molar-refractivity contribution in [3.8, 4) is 0 Å². The van der Waals surface area contributed by atoms with Crippen molar-refractivity contribution in [1.29, 1.82) is 0 Å². The Morgan fingerprint density at radius 3 is 3.06 bits per heavy atom. The molecule has 0 radical (unpaired) electrons. The van der Waals surface area contributed by atoms with E-state index in [-0.39, 0.29) is 5.54 Å². The fourth-order valence-electron chi connectivity index (χ4n) is 1.86. The minimum Gasteiger partial charge on any atom is -0.463 e. The van der Waals surface area contributed by atoms with Gasteiger partial charge < -0.3 is 10.2 Å². The Hall–Kier alpha value is -0.870. The number of hydrogen-bond donors (Lipinski definition) is 1. The quantitative estimate of drug-likeness (QED) is 0.940. The minimum absolute atomic E-state index is 0.0976. The Kier molecular flexibility index (Phi) is 2.30. The fourth-order valence-corrected chi connectivity index (χ4v) is 2.25. The van der Waals surface area contributed by atoms with Crippen LogP contribution in [0.2, 0.25) is 0 Å². The van der Waals surface area contributed by atoms with Gasteiger partial charge in [-0.1, -0.05) is 0 Å². The number of hydrogen-bond acceptors (Lipinski definition) is 3. The molecule has 0 spiro atoms. The zero-order valence-corrected chi connectivity index (χ0v) is 10.5. The highest BCUT2D eigenvalue weighted by atomic mass is 79.9. The van der Waals surface area contributed by atoms with E-state index in [0.29, 0.717) is 0 Å². The first-order chi connectivity index (χ1) is 7.66. The minimum atomic E-state index is 0.0976. The largest absolute Gasteiger partial charge is 0.463 e. The van der Waals surface area contributed by atoms with Gasteiger partial charge in [-0.2, -0.15) is 0 Å². The molecule has 0 atom stereocenters. The van der Waals surface area contributed by atoms with Crippen LogP contribution in [0.3, 0.4) is 0 Å². The Morgan fingerprint density at radius 2 is 2.31 bits per heavy atom. The molecule has 3 nitrogen and oxygen atoms in total. The van der Waals surface area contributed by atoms with Crippen LogP contribution in [-0.4, -0.2) is 10.5 Å². The van der Waals surface area contributed by atoms with Crippen molar-refractivity contribution in [3.05, 3.63) is 28.7 Å².